The van der Waals surface area contributed by atoms with Crippen LogP contribution in [0.4, 0.5) is 19.0 Å². The molecular weight excluding hydrogens is 387 g/mol. The van der Waals surface area contributed by atoms with E-state index in [1.165, 1.54) is 18.3 Å². The first-order chi connectivity index (χ1) is 13.9. The van der Waals surface area contributed by atoms with Gasteiger partial charge < -0.3 is 14.8 Å². The molecule has 1 amide bonds. The molecule has 2 aromatic heterocycles. The summed E-state index contributed by atoms with van der Waals surface area (Å²) in [5.41, 5.74) is -0.0831. The van der Waals surface area contributed by atoms with Crippen molar-refractivity contribution in [3.63, 3.8) is 0 Å². The number of alkyl halides is 3. The van der Waals surface area contributed by atoms with Crippen LogP contribution in [-0.2, 0) is 17.6 Å². The molecule has 0 saturated heterocycles. The number of anilines is 1. The van der Waals surface area contributed by atoms with Gasteiger partial charge in [0.15, 0.2) is 18.2 Å². The molecule has 0 aliphatic rings. The van der Waals surface area contributed by atoms with Gasteiger partial charge in [0.2, 0.25) is 0 Å². The molecule has 29 heavy (non-hydrogen) atoms. The molecule has 0 atom stereocenters. The van der Waals surface area contributed by atoms with E-state index in [9.17, 15) is 18.0 Å². The maximum absolute atomic E-state index is 13.0. The second-order valence-electron chi connectivity index (χ2n) is 5.83. The van der Waals surface area contributed by atoms with E-state index in [1.54, 1.807) is 36.7 Å². The highest BCUT2D eigenvalue weighted by Crippen LogP contribution is 2.35. The Kier molecular flexibility index (Phi) is 6.28. The number of carbonyl (C=O) groups is 1. The van der Waals surface area contributed by atoms with Crippen LogP contribution in [0.3, 0.4) is 0 Å². The fourth-order valence-corrected chi connectivity index (χ4v) is 2.38. The zero-order chi connectivity index (χ0) is 20.7. The second kappa shape index (κ2) is 9.05. The molecule has 0 saturated carbocycles. The average Bonchev–Trinajstić information content (AvgIpc) is 2.72. The molecule has 3 rings (SSSR count). The molecule has 0 radical (unpaired) electrons. The Morgan fingerprint density at radius 3 is 2.41 bits per heavy atom. The zero-order valence-electron chi connectivity index (χ0n) is 15.0. The molecule has 0 bridgehead atoms. The van der Waals surface area contributed by atoms with Gasteiger partial charge in [0.1, 0.15) is 12.4 Å². The Bertz CT molecular complexity index is 966. The molecule has 0 fully saturated rings. The third-order valence-corrected chi connectivity index (χ3v) is 3.72. The van der Waals surface area contributed by atoms with Crippen molar-refractivity contribution in [1.29, 1.82) is 0 Å². The lowest BCUT2D eigenvalue weighted by Crippen LogP contribution is -2.22. The van der Waals surface area contributed by atoms with E-state index in [0.29, 0.717) is 5.75 Å². The van der Waals surface area contributed by atoms with Crippen LogP contribution < -0.4 is 14.8 Å². The quantitative estimate of drug-likeness (QED) is 0.643. The number of nitrogens with zero attached hydrogens (tertiary/aromatic N) is 2. The van der Waals surface area contributed by atoms with Gasteiger partial charge in [-0.05, 0) is 42.0 Å². The Labute approximate surface area is 164 Å². The summed E-state index contributed by atoms with van der Waals surface area (Å²) in [5.74, 6) is -0.646. The normalized spacial score (nSPS) is 11.0. The van der Waals surface area contributed by atoms with Crippen LogP contribution in [0.2, 0.25) is 0 Å². The van der Waals surface area contributed by atoms with Crippen molar-refractivity contribution >= 4 is 11.7 Å². The number of benzene rings is 1. The average molecular weight is 403 g/mol. The van der Waals surface area contributed by atoms with Gasteiger partial charge in [0.05, 0.1) is 5.56 Å². The molecule has 2 heterocycles. The molecule has 6 nitrogen and oxygen atoms in total. The summed E-state index contributed by atoms with van der Waals surface area (Å²) in [7, 11) is 0. The van der Waals surface area contributed by atoms with Crippen LogP contribution in [-0.4, -0.2) is 22.5 Å². The Morgan fingerprint density at radius 2 is 1.66 bits per heavy atom. The van der Waals surface area contributed by atoms with E-state index in [2.05, 4.69) is 15.3 Å². The van der Waals surface area contributed by atoms with Crippen LogP contribution >= 0.6 is 0 Å². The highest BCUT2D eigenvalue weighted by molar-refractivity contribution is 5.92. The number of carbonyl (C=O) groups excluding carboxylic acids is 1. The Morgan fingerprint density at radius 1 is 0.931 bits per heavy atom. The van der Waals surface area contributed by atoms with Crippen LogP contribution in [0.15, 0.2) is 67.1 Å². The fraction of sp³-hybridized carbons (Fsp3) is 0.150. The maximum Gasteiger partial charge on any atom is 0.419 e. The molecule has 0 spiro atoms. The number of nitrogens with one attached hydrogen (secondary N) is 1. The van der Waals surface area contributed by atoms with E-state index in [0.717, 1.165) is 17.7 Å². The number of pyridine rings is 2. The maximum atomic E-state index is 13.0. The largest absolute Gasteiger partial charge is 0.485 e. The molecule has 1 N–H and O–H groups in total. The van der Waals surface area contributed by atoms with Gasteiger partial charge in [0, 0.05) is 18.6 Å². The van der Waals surface area contributed by atoms with Crippen LogP contribution in [0.25, 0.3) is 0 Å². The number of halogens is 3. The molecule has 0 aliphatic carbocycles. The smallest absolute Gasteiger partial charge is 0.419 e. The molecule has 150 valence electrons. The number of hydrogen-bond donors (Lipinski definition) is 1. The highest BCUT2D eigenvalue weighted by atomic mass is 19.4. The number of amides is 1. The van der Waals surface area contributed by atoms with Gasteiger partial charge >= 0.3 is 6.18 Å². The molecule has 0 unspecified atom stereocenters. The summed E-state index contributed by atoms with van der Waals surface area (Å²) >= 11 is 0. The van der Waals surface area contributed by atoms with E-state index >= 15 is 0 Å². The predicted molar refractivity (Wildman–Crippen MR) is 98.4 cm³/mol. The fourth-order valence-electron chi connectivity index (χ4n) is 2.38. The van der Waals surface area contributed by atoms with Gasteiger partial charge in [-0.15, -0.1) is 0 Å². The first-order valence-corrected chi connectivity index (χ1v) is 8.49. The summed E-state index contributed by atoms with van der Waals surface area (Å²) < 4.78 is 49.7. The molecule has 1 aromatic carbocycles. The summed E-state index contributed by atoms with van der Waals surface area (Å²) in [6.45, 7) is -0.389. The molecular formula is C20H16F3N3O3. The van der Waals surface area contributed by atoms with Crippen molar-refractivity contribution in [2.45, 2.75) is 12.8 Å². The lowest BCUT2D eigenvalue weighted by Gasteiger charge is -2.14. The van der Waals surface area contributed by atoms with Gasteiger partial charge in [-0.3, -0.25) is 9.78 Å². The van der Waals surface area contributed by atoms with E-state index in [-0.39, 0.29) is 12.4 Å². The third kappa shape index (κ3) is 5.68. The van der Waals surface area contributed by atoms with Crippen LogP contribution in [0.5, 0.6) is 11.5 Å². The van der Waals surface area contributed by atoms with Crippen molar-refractivity contribution in [2.24, 2.45) is 0 Å². The minimum atomic E-state index is -4.58. The van der Waals surface area contributed by atoms with Crippen LogP contribution in [0.1, 0.15) is 11.1 Å². The number of aromatic nitrogens is 2. The number of hydrogen-bond acceptors (Lipinski definition) is 5. The topological polar surface area (TPSA) is 73.3 Å². The van der Waals surface area contributed by atoms with Crippen molar-refractivity contribution < 1.29 is 27.4 Å². The summed E-state index contributed by atoms with van der Waals surface area (Å²) in [4.78, 5) is 20.1. The van der Waals surface area contributed by atoms with Crippen molar-refractivity contribution in [2.75, 3.05) is 11.9 Å². The van der Waals surface area contributed by atoms with Gasteiger partial charge in [-0.25, -0.2) is 4.98 Å². The first-order valence-electron chi connectivity index (χ1n) is 8.49. The number of rotatable bonds is 7. The van der Waals surface area contributed by atoms with Crippen molar-refractivity contribution in [3.8, 4) is 11.5 Å². The summed E-state index contributed by atoms with van der Waals surface area (Å²) in [5, 5.41) is 2.48. The third-order valence-electron chi connectivity index (χ3n) is 3.72. The minimum Gasteiger partial charge on any atom is -0.485 e. The summed E-state index contributed by atoms with van der Waals surface area (Å²) in [6, 6.07) is 11.5. The highest BCUT2D eigenvalue weighted by Gasteiger charge is 2.34. The molecule has 3 aromatic rings. The first kappa shape index (κ1) is 20.1. The standard InChI is InChI=1S/C20H16F3N3O3/c21-20(22,23)15-4-1-2-5-16(15)29-13-18(27)26-19-17(6-3-9-25-19)28-12-14-7-10-24-11-8-14/h1-11H,12-13H2,(H,25,26,27). The predicted octanol–water partition coefficient (Wildman–Crippen LogP) is 4.09. The lowest BCUT2D eigenvalue weighted by molar-refractivity contribution is -0.139. The van der Waals surface area contributed by atoms with Gasteiger partial charge in [-0.1, -0.05) is 12.1 Å². The van der Waals surface area contributed by atoms with Crippen molar-refractivity contribution in [1.82, 2.24) is 9.97 Å². The Balaban J connectivity index is 1.62. The van der Waals surface area contributed by atoms with Gasteiger partial charge in [0.25, 0.3) is 5.91 Å². The number of ether oxygens (including phenoxy) is 2. The SMILES string of the molecule is O=C(COc1ccccc1C(F)(F)F)Nc1ncccc1OCc1ccncc1. The second-order valence-corrected chi connectivity index (χ2v) is 5.83. The lowest BCUT2D eigenvalue weighted by atomic mass is 10.2. The Hall–Kier alpha value is -3.62. The van der Waals surface area contributed by atoms with E-state index in [1.807, 2.05) is 0 Å². The van der Waals surface area contributed by atoms with Gasteiger partial charge in [-0.2, -0.15) is 13.2 Å². The molecule has 0 aliphatic heterocycles. The summed E-state index contributed by atoms with van der Waals surface area (Å²) in [6.07, 6.45) is 0.123. The van der Waals surface area contributed by atoms with Crippen molar-refractivity contribution in [3.05, 3.63) is 78.2 Å². The van der Waals surface area contributed by atoms with Crippen LogP contribution in [0, 0.1) is 0 Å². The monoisotopic (exact) mass is 403 g/mol. The zero-order valence-corrected chi connectivity index (χ0v) is 15.0. The van der Waals surface area contributed by atoms with E-state index < -0.39 is 30.0 Å². The van der Waals surface area contributed by atoms with E-state index in [4.69, 9.17) is 9.47 Å². The minimum absolute atomic E-state index is 0.138. The number of para-hydroxylation sites is 1. The molecule has 9 heteroatoms.